The molecule has 0 aliphatic rings. The third kappa shape index (κ3) is 2.97. The van der Waals surface area contributed by atoms with Crippen molar-refractivity contribution in [2.75, 3.05) is 11.3 Å². The van der Waals surface area contributed by atoms with Crippen LogP contribution in [-0.2, 0) is 10.0 Å². The van der Waals surface area contributed by atoms with E-state index >= 15 is 0 Å². The van der Waals surface area contributed by atoms with Gasteiger partial charge in [0.2, 0.25) is 5.69 Å². The van der Waals surface area contributed by atoms with Crippen molar-refractivity contribution in [1.82, 2.24) is 14.8 Å². The van der Waals surface area contributed by atoms with Crippen LogP contribution in [0.1, 0.15) is 18.5 Å². The van der Waals surface area contributed by atoms with E-state index in [4.69, 9.17) is 11.7 Å². The summed E-state index contributed by atoms with van der Waals surface area (Å²) in [5, 5.41) is 13.8. The molecule has 0 aliphatic carbocycles. The highest BCUT2D eigenvalue weighted by Crippen LogP contribution is 2.34. The van der Waals surface area contributed by atoms with Gasteiger partial charge in [-0.2, -0.15) is 5.10 Å². The van der Waals surface area contributed by atoms with E-state index in [0.717, 1.165) is 5.56 Å². The third-order valence-electron chi connectivity index (χ3n) is 3.99. The first kappa shape index (κ1) is 17.0. The zero-order chi connectivity index (χ0) is 18.2. The SMILES string of the molecule is [C-]#[N+]c1c[nH]c2c(NS(=O)(=O)c3cnn([C@H](C)CO)c3)ccc(C)c12. The molecule has 9 heteroatoms. The molecule has 130 valence electrons. The number of aliphatic hydroxyl groups excluding tert-OH is 1. The van der Waals surface area contributed by atoms with Crippen LogP contribution in [0.5, 0.6) is 0 Å². The first-order valence-electron chi connectivity index (χ1n) is 7.53. The lowest BCUT2D eigenvalue weighted by Gasteiger charge is -2.10. The number of anilines is 1. The van der Waals surface area contributed by atoms with E-state index < -0.39 is 10.0 Å². The zero-order valence-corrected chi connectivity index (χ0v) is 14.5. The Kier molecular flexibility index (Phi) is 4.24. The van der Waals surface area contributed by atoms with Crippen molar-refractivity contribution in [1.29, 1.82) is 0 Å². The number of H-pyrrole nitrogens is 1. The number of hydrogen-bond acceptors (Lipinski definition) is 4. The fourth-order valence-corrected chi connectivity index (χ4v) is 3.57. The molecule has 3 N–H and O–H groups in total. The maximum atomic E-state index is 12.6. The molecule has 0 fully saturated rings. The number of aliphatic hydroxyl groups is 1. The number of nitrogens with one attached hydrogen (secondary N) is 2. The molecular formula is C16H17N5O3S. The Morgan fingerprint density at radius 2 is 2.24 bits per heavy atom. The molecule has 0 bridgehead atoms. The van der Waals surface area contributed by atoms with Crippen LogP contribution in [0.25, 0.3) is 15.7 Å². The number of sulfonamides is 1. The Morgan fingerprint density at radius 3 is 2.92 bits per heavy atom. The van der Waals surface area contributed by atoms with Crippen LogP contribution in [0.2, 0.25) is 0 Å². The van der Waals surface area contributed by atoms with E-state index in [-0.39, 0.29) is 17.5 Å². The van der Waals surface area contributed by atoms with Gasteiger partial charge in [0.25, 0.3) is 10.0 Å². The topological polar surface area (TPSA) is 104 Å². The predicted octanol–water partition coefficient (Wildman–Crippen LogP) is 2.58. The number of rotatable bonds is 5. The normalized spacial score (nSPS) is 12.9. The highest BCUT2D eigenvalue weighted by molar-refractivity contribution is 7.92. The molecule has 2 aromatic heterocycles. The molecule has 2 heterocycles. The molecule has 1 atom stereocenters. The summed E-state index contributed by atoms with van der Waals surface area (Å²) >= 11 is 0. The van der Waals surface area contributed by atoms with Gasteiger partial charge in [0.1, 0.15) is 4.90 Å². The molecule has 8 nitrogen and oxygen atoms in total. The lowest BCUT2D eigenvalue weighted by Crippen LogP contribution is -2.13. The van der Waals surface area contributed by atoms with Gasteiger partial charge in [0.15, 0.2) is 0 Å². The van der Waals surface area contributed by atoms with E-state index in [1.807, 2.05) is 6.92 Å². The van der Waals surface area contributed by atoms with Crippen LogP contribution < -0.4 is 4.72 Å². The summed E-state index contributed by atoms with van der Waals surface area (Å²) in [6.07, 6.45) is 4.16. The molecular weight excluding hydrogens is 342 g/mol. The number of aryl methyl sites for hydroxylation is 1. The summed E-state index contributed by atoms with van der Waals surface area (Å²) in [5.41, 5.74) is 2.25. The van der Waals surface area contributed by atoms with Crippen LogP contribution in [0.3, 0.4) is 0 Å². The number of hydrogen-bond donors (Lipinski definition) is 3. The maximum absolute atomic E-state index is 12.6. The Bertz CT molecular complexity index is 1080. The van der Waals surface area contributed by atoms with Gasteiger partial charge in [0.05, 0.1) is 36.6 Å². The molecule has 0 radical (unpaired) electrons. The van der Waals surface area contributed by atoms with Gasteiger partial charge >= 0.3 is 0 Å². The van der Waals surface area contributed by atoms with E-state index in [9.17, 15) is 8.42 Å². The highest BCUT2D eigenvalue weighted by Gasteiger charge is 2.20. The van der Waals surface area contributed by atoms with Crippen LogP contribution in [0, 0.1) is 13.5 Å². The first-order chi connectivity index (χ1) is 11.9. The summed E-state index contributed by atoms with van der Waals surface area (Å²) in [4.78, 5) is 6.41. The van der Waals surface area contributed by atoms with Crippen molar-refractivity contribution in [2.24, 2.45) is 0 Å². The van der Waals surface area contributed by atoms with Gasteiger partial charge < -0.3 is 10.1 Å². The molecule has 3 rings (SSSR count). The molecule has 0 amide bonds. The molecule has 0 spiro atoms. The lowest BCUT2D eigenvalue weighted by molar-refractivity contribution is 0.229. The summed E-state index contributed by atoms with van der Waals surface area (Å²) in [5.74, 6) is 0. The molecule has 0 aliphatic heterocycles. The van der Waals surface area contributed by atoms with E-state index in [1.165, 1.54) is 17.1 Å². The average Bonchev–Trinajstić information content (AvgIpc) is 3.24. The van der Waals surface area contributed by atoms with Crippen LogP contribution in [0.4, 0.5) is 11.4 Å². The fraction of sp³-hybridized carbons (Fsp3) is 0.250. The molecule has 0 unspecified atom stereocenters. The van der Waals surface area contributed by atoms with Crippen LogP contribution in [-0.4, -0.2) is 34.9 Å². The number of aromatic nitrogens is 3. The summed E-state index contributed by atoms with van der Waals surface area (Å²) in [6, 6.07) is 3.10. The van der Waals surface area contributed by atoms with Crippen LogP contribution in [0.15, 0.2) is 35.6 Å². The fourth-order valence-electron chi connectivity index (χ4n) is 2.56. The number of aromatic amines is 1. The second kappa shape index (κ2) is 6.23. The lowest BCUT2D eigenvalue weighted by atomic mass is 10.1. The Balaban J connectivity index is 2.01. The largest absolute Gasteiger partial charge is 0.394 e. The Hall–Kier alpha value is -2.83. The minimum Gasteiger partial charge on any atom is -0.394 e. The predicted molar refractivity (Wildman–Crippen MR) is 94.1 cm³/mol. The molecule has 3 aromatic rings. The van der Waals surface area contributed by atoms with Gasteiger partial charge in [-0.15, -0.1) is 0 Å². The second-order valence-electron chi connectivity index (χ2n) is 5.76. The van der Waals surface area contributed by atoms with Crippen molar-refractivity contribution in [2.45, 2.75) is 24.8 Å². The number of fused-ring (bicyclic) bond motifs is 1. The van der Waals surface area contributed by atoms with Gasteiger partial charge in [-0.05, 0) is 19.9 Å². The quantitative estimate of drug-likeness (QED) is 0.609. The smallest absolute Gasteiger partial charge is 0.265 e. The minimum absolute atomic E-state index is 0.00140. The average molecular weight is 359 g/mol. The molecule has 25 heavy (non-hydrogen) atoms. The van der Waals surface area contributed by atoms with Gasteiger partial charge in [-0.3, -0.25) is 9.40 Å². The minimum atomic E-state index is -3.85. The third-order valence-corrected chi connectivity index (χ3v) is 5.31. The van der Waals surface area contributed by atoms with Crippen molar-refractivity contribution in [3.8, 4) is 0 Å². The molecule has 0 saturated heterocycles. The summed E-state index contributed by atoms with van der Waals surface area (Å²) in [6.45, 7) is 10.7. The van der Waals surface area contributed by atoms with Gasteiger partial charge in [-0.25, -0.2) is 13.3 Å². The molecule has 0 saturated carbocycles. The van der Waals surface area contributed by atoms with Crippen molar-refractivity contribution < 1.29 is 13.5 Å². The van der Waals surface area contributed by atoms with Crippen molar-refractivity contribution in [3.05, 3.63) is 47.7 Å². The number of nitrogens with zero attached hydrogens (tertiary/aromatic N) is 3. The van der Waals surface area contributed by atoms with Gasteiger partial charge in [0, 0.05) is 17.8 Å². The Morgan fingerprint density at radius 1 is 1.48 bits per heavy atom. The summed E-state index contributed by atoms with van der Waals surface area (Å²) < 4.78 is 29.2. The monoisotopic (exact) mass is 359 g/mol. The first-order valence-corrected chi connectivity index (χ1v) is 9.01. The maximum Gasteiger partial charge on any atom is 0.265 e. The molecule has 1 aromatic carbocycles. The zero-order valence-electron chi connectivity index (χ0n) is 13.7. The van der Waals surface area contributed by atoms with Crippen LogP contribution >= 0.6 is 0 Å². The second-order valence-corrected chi connectivity index (χ2v) is 7.44. The van der Waals surface area contributed by atoms with E-state index in [1.54, 1.807) is 25.3 Å². The van der Waals surface area contributed by atoms with E-state index in [2.05, 4.69) is 19.6 Å². The van der Waals surface area contributed by atoms with Crippen molar-refractivity contribution in [3.63, 3.8) is 0 Å². The van der Waals surface area contributed by atoms with Gasteiger partial charge in [-0.1, -0.05) is 11.6 Å². The number of benzene rings is 1. The van der Waals surface area contributed by atoms with Crippen molar-refractivity contribution >= 4 is 32.3 Å². The summed E-state index contributed by atoms with van der Waals surface area (Å²) in [7, 11) is -3.85. The van der Waals surface area contributed by atoms with E-state index in [0.29, 0.717) is 22.3 Å². The standard InChI is InChI=1S/C16H17N5O3S/c1-10-4-5-13(16-15(10)14(17-3)7-18-16)20-25(23,24)12-6-19-21(8-12)11(2)9-22/h4-8,11,18,20,22H,9H2,1-2H3/t11-/m1/s1. The Labute approximate surface area is 145 Å². The highest BCUT2D eigenvalue weighted by atomic mass is 32.2.